The third kappa shape index (κ3) is 4.23. The molecule has 1 aliphatic carbocycles. The van der Waals surface area contributed by atoms with E-state index in [4.69, 9.17) is 21.1 Å². The summed E-state index contributed by atoms with van der Waals surface area (Å²) in [5, 5.41) is 16.7. The van der Waals surface area contributed by atoms with Crippen LogP contribution in [0.5, 0.6) is 0 Å². The average Bonchev–Trinajstić information content (AvgIpc) is 3.10. The highest BCUT2D eigenvalue weighted by molar-refractivity contribution is 5.95. The molecule has 8 heteroatoms. The predicted octanol–water partition coefficient (Wildman–Crippen LogP) is 3.25. The minimum atomic E-state index is -0.665. The van der Waals surface area contributed by atoms with Crippen LogP contribution in [0.15, 0.2) is 36.4 Å². The quantitative estimate of drug-likeness (QED) is 0.416. The number of anilines is 1. The third-order valence-electron chi connectivity index (χ3n) is 6.27. The van der Waals surface area contributed by atoms with Crippen LogP contribution in [0.3, 0.4) is 0 Å². The van der Waals surface area contributed by atoms with Crippen LogP contribution in [0.2, 0.25) is 0 Å². The maximum Gasteiger partial charge on any atom is 0.306 e. The average molecular weight is 421 g/mol. The van der Waals surface area contributed by atoms with Gasteiger partial charge in [-0.1, -0.05) is 24.3 Å². The lowest BCUT2D eigenvalue weighted by Crippen LogP contribution is -2.30. The van der Waals surface area contributed by atoms with Crippen LogP contribution >= 0.6 is 0 Å². The lowest BCUT2D eigenvalue weighted by atomic mass is 9.82. The van der Waals surface area contributed by atoms with Gasteiger partial charge in [-0.3, -0.25) is 10.2 Å². The Morgan fingerprint density at radius 1 is 1.16 bits per heavy atom. The van der Waals surface area contributed by atoms with E-state index in [9.17, 15) is 9.90 Å². The van der Waals surface area contributed by atoms with Crippen LogP contribution in [0.25, 0.3) is 22.6 Å². The minimum Gasteiger partial charge on any atom is -0.481 e. The molecule has 0 saturated heterocycles. The van der Waals surface area contributed by atoms with Crippen LogP contribution in [-0.4, -0.2) is 45.0 Å². The maximum absolute atomic E-state index is 11.2. The van der Waals surface area contributed by atoms with Gasteiger partial charge < -0.3 is 20.3 Å². The highest BCUT2D eigenvalue weighted by atomic mass is 16.4. The number of rotatable bonds is 6. The van der Waals surface area contributed by atoms with Crippen molar-refractivity contribution >= 4 is 28.8 Å². The van der Waals surface area contributed by atoms with Crippen LogP contribution in [0.4, 0.5) is 5.82 Å². The molecule has 0 amide bonds. The summed E-state index contributed by atoms with van der Waals surface area (Å²) in [7, 11) is 3.99. The first-order valence-electron chi connectivity index (χ1n) is 10.6. The van der Waals surface area contributed by atoms with Gasteiger partial charge in [-0.05, 0) is 43.7 Å². The summed E-state index contributed by atoms with van der Waals surface area (Å²) in [6, 6.07) is 11.5. The molecule has 1 fully saturated rings. The number of nitrogens with one attached hydrogen (secondary N) is 1. The number of benzene rings is 1. The second kappa shape index (κ2) is 8.37. The molecule has 0 aliphatic heterocycles. The fraction of sp³-hybridized carbons (Fsp3) is 0.391. The van der Waals surface area contributed by atoms with E-state index in [-0.39, 0.29) is 11.8 Å². The van der Waals surface area contributed by atoms with Gasteiger partial charge in [0.1, 0.15) is 23.0 Å². The van der Waals surface area contributed by atoms with E-state index >= 15 is 0 Å². The van der Waals surface area contributed by atoms with Crippen molar-refractivity contribution in [1.82, 2.24) is 14.5 Å². The van der Waals surface area contributed by atoms with Crippen LogP contribution in [-0.2, 0) is 11.8 Å². The Labute approximate surface area is 181 Å². The summed E-state index contributed by atoms with van der Waals surface area (Å²) in [4.78, 5) is 22.9. The first kappa shape index (κ1) is 20.8. The topological polar surface area (TPSA) is 121 Å². The number of hydrogen-bond acceptors (Lipinski definition) is 5. The SMILES string of the molecule is CN(CC1CCC(C(=O)O)CC1)c1ccc2nc(-c3ccc(C(=N)N)cc3)n(C)c2n1. The molecule has 1 aromatic carbocycles. The smallest absolute Gasteiger partial charge is 0.306 e. The van der Waals surface area contributed by atoms with E-state index in [1.54, 1.807) is 0 Å². The zero-order valence-electron chi connectivity index (χ0n) is 17.9. The highest BCUT2D eigenvalue weighted by Crippen LogP contribution is 2.30. The molecule has 2 aromatic heterocycles. The number of nitrogens with two attached hydrogens (primary N) is 1. The largest absolute Gasteiger partial charge is 0.481 e. The Balaban J connectivity index is 1.52. The Morgan fingerprint density at radius 3 is 2.45 bits per heavy atom. The van der Waals surface area contributed by atoms with E-state index < -0.39 is 5.97 Å². The van der Waals surface area contributed by atoms with Gasteiger partial charge >= 0.3 is 5.97 Å². The number of fused-ring (bicyclic) bond motifs is 1. The second-order valence-corrected chi connectivity index (χ2v) is 8.43. The molecule has 31 heavy (non-hydrogen) atoms. The van der Waals surface area contributed by atoms with Crippen molar-refractivity contribution in [3.05, 3.63) is 42.0 Å². The van der Waals surface area contributed by atoms with Gasteiger partial charge in [-0.25, -0.2) is 9.97 Å². The molecular weight excluding hydrogens is 392 g/mol. The highest BCUT2D eigenvalue weighted by Gasteiger charge is 2.26. The molecule has 162 valence electrons. The molecule has 0 unspecified atom stereocenters. The molecule has 4 rings (SSSR count). The standard InChI is InChI=1S/C23H28N6O2/c1-28(13-14-3-5-17(6-4-14)23(30)31)19-12-11-18-22(27-19)29(2)21(26-18)16-9-7-15(8-10-16)20(24)25/h7-12,14,17H,3-6,13H2,1-2H3,(H3,24,25)(H,30,31). The number of imidazole rings is 1. The number of pyridine rings is 1. The van der Waals surface area contributed by atoms with Crippen molar-refractivity contribution in [2.45, 2.75) is 25.7 Å². The summed E-state index contributed by atoms with van der Waals surface area (Å²) in [6.07, 6.45) is 3.40. The van der Waals surface area contributed by atoms with Gasteiger partial charge in [0.25, 0.3) is 0 Å². The van der Waals surface area contributed by atoms with Crippen molar-refractivity contribution in [2.75, 3.05) is 18.5 Å². The van der Waals surface area contributed by atoms with E-state index in [1.807, 2.05) is 55.1 Å². The van der Waals surface area contributed by atoms with E-state index in [0.29, 0.717) is 11.5 Å². The Hall–Kier alpha value is -3.42. The molecule has 3 aromatic rings. The van der Waals surface area contributed by atoms with Crippen molar-refractivity contribution in [3.8, 4) is 11.4 Å². The Morgan fingerprint density at radius 2 is 1.84 bits per heavy atom. The lowest BCUT2D eigenvalue weighted by Gasteiger charge is -2.30. The third-order valence-corrected chi connectivity index (χ3v) is 6.27. The normalized spacial score (nSPS) is 18.8. The van der Waals surface area contributed by atoms with Crippen molar-refractivity contribution in [2.24, 2.45) is 24.6 Å². The molecule has 8 nitrogen and oxygen atoms in total. The maximum atomic E-state index is 11.2. The number of amidine groups is 1. The number of nitrogen functional groups attached to an aromatic ring is 1. The second-order valence-electron chi connectivity index (χ2n) is 8.43. The van der Waals surface area contributed by atoms with Crippen LogP contribution < -0.4 is 10.6 Å². The summed E-state index contributed by atoms with van der Waals surface area (Å²) in [6.45, 7) is 0.863. The zero-order chi connectivity index (χ0) is 22.1. The van der Waals surface area contributed by atoms with Gasteiger partial charge in [-0.2, -0.15) is 0 Å². The molecule has 1 saturated carbocycles. The molecule has 4 N–H and O–H groups in total. The molecule has 0 atom stereocenters. The molecule has 0 bridgehead atoms. The van der Waals surface area contributed by atoms with Crippen LogP contribution in [0.1, 0.15) is 31.2 Å². The van der Waals surface area contributed by atoms with E-state index in [1.165, 1.54) is 0 Å². The molecule has 0 spiro atoms. The number of nitrogens with zero attached hydrogens (tertiary/aromatic N) is 4. The zero-order valence-corrected chi connectivity index (χ0v) is 17.9. The van der Waals surface area contributed by atoms with Crippen molar-refractivity contribution in [3.63, 3.8) is 0 Å². The fourth-order valence-electron chi connectivity index (χ4n) is 4.40. The first-order chi connectivity index (χ1) is 14.8. The molecule has 2 heterocycles. The van der Waals surface area contributed by atoms with Crippen molar-refractivity contribution in [1.29, 1.82) is 5.41 Å². The van der Waals surface area contributed by atoms with Gasteiger partial charge in [0.05, 0.1) is 5.92 Å². The number of carboxylic acids is 1. The van der Waals surface area contributed by atoms with Crippen molar-refractivity contribution < 1.29 is 9.90 Å². The predicted molar refractivity (Wildman–Crippen MR) is 121 cm³/mol. The Bertz CT molecular complexity index is 1110. The van der Waals surface area contributed by atoms with E-state index in [0.717, 1.165) is 60.6 Å². The van der Waals surface area contributed by atoms with Crippen LogP contribution in [0, 0.1) is 17.2 Å². The number of aryl methyl sites for hydroxylation is 1. The molecular formula is C23H28N6O2. The number of carbonyl (C=O) groups is 1. The van der Waals surface area contributed by atoms with Gasteiger partial charge in [-0.15, -0.1) is 0 Å². The number of aromatic nitrogens is 3. The van der Waals surface area contributed by atoms with Gasteiger partial charge in [0.2, 0.25) is 0 Å². The first-order valence-corrected chi connectivity index (χ1v) is 10.6. The number of hydrogen-bond donors (Lipinski definition) is 3. The van der Waals surface area contributed by atoms with E-state index in [2.05, 4.69) is 4.90 Å². The number of aliphatic carboxylic acids is 1. The summed E-state index contributed by atoms with van der Waals surface area (Å²) in [5.74, 6) is 1.37. The summed E-state index contributed by atoms with van der Waals surface area (Å²) >= 11 is 0. The van der Waals surface area contributed by atoms with Gasteiger partial charge in [0.15, 0.2) is 5.65 Å². The number of carboxylic acid groups (broad SMARTS) is 1. The summed E-state index contributed by atoms with van der Waals surface area (Å²) in [5.41, 5.74) is 8.81. The Kier molecular flexibility index (Phi) is 5.63. The van der Waals surface area contributed by atoms with Gasteiger partial charge in [0, 0.05) is 31.8 Å². The minimum absolute atomic E-state index is 0.0438. The molecule has 1 aliphatic rings. The lowest BCUT2D eigenvalue weighted by molar-refractivity contribution is -0.143. The fourth-order valence-corrected chi connectivity index (χ4v) is 4.40. The monoisotopic (exact) mass is 420 g/mol. The summed E-state index contributed by atoms with van der Waals surface area (Å²) < 4.78 is 1.98. The molecule has 0 radical (unpaired) electrons.